The van der Waals surface area contributed by atoms with E-state index in [9.17, 15) is 9.59 Å². The lowest BCUT2D eigenvalue weighted by atomic mass is 9.72. The van der Waals surface area contributed by atoms with Gasteiger partial charge in [-0.25, -0.2) is 0 Å². The maximum atomic E-state index is 12.4. The molecule has 1 unspecified atom stereocenters. The number of rotatable bonds is 12. The van der Waals surface area contributed by atoms with E-state index in [-0.39, 0.29) is 17.4 Å². The Morgan fingerprint density at radius 3 is 2.50 bits per heavy atom. The first kappa shape index (κ1) is 29.1. The van der Waals surface area contributed by atoms with Crippen LogP contribution in [0.5, 0.6) is 5.75 Å². The highest BCUT2D eigenvalue weighted by molar-refractivity contribution is 6.00. The summed E-state index contributed by atoms with van der Waals surface area (Å²) in [5, 5.41) is 2.89. The van der Waals surface area contributed by atoms with Crippen molar-refractivity contribution in [1.29, 1.82) is 0 Å². The third-order valence-corrected chi connectivity index (χ3v) is 6.62. The second kappa shape index (κ2) is 14.4. The maximum Gasteiger partial charge on any atom is 0.248 e. The van der Waals surface area contributed by atoms with E-state index < -0.39 is 0 Å². The molecule has 0 saturated heterocycles. The molecule has 0 saturated carbocycles. The molecule has 2 rings (SSSR count). The van der Waals surface area contributed by atoms with E-state index in [1.54, 1.807) is 6.08 Å². The van der Waals surface area contributed by atoms with Crippen LogP contribution in [0.3, 0.4) is 0 Å². The van der Waals surface area contributed by atoms with E-state index in [0.717, 1.165) is 24.0 Å². The highest BCUT2D eigenvalue weighted by atomic mass is 16.5. The Bertz CT molecular complexity index is 1040. The molecule has 0 aliphatic heterocycles. The number of carbonyl (C=O) groups excluding carboxylic acids is 2. The highest BCUT2D eigenvalue weighted by Gasteiger charge is 2.26. The molecule has 0 spiro atoms. The van der Waals surface area contributed by atoms with Gasteiger partial charge in [-0.15, -0.1) is 0 Å². The molecule has 4 heteroatoms. The summed E-state index contributed by atoms with van der Waals surface area (Å²) in [6, 6.07) is 7.31. The monoisotopic (exact) mass is 489 g/mol. The molecular formula is C32H43NO3. The minimum atomic E-state index is -0.175. The van der Waals surface area contributed by atoms with Gasteiger partial charge in [0.05, 0.1) is 6.10 Å². The van der Waals surface area contributed by atoms with Crippen LogP contribution in [0.15, 0.2) is 83.0 Å². The Morgan fingerprint density at radius 1 is 1.14 bits per heavy atom. The summed E-state index contributed by atoms with van der Waals surface area (Å²) in [5.41, 5.74) is 5.94. The summed E-state index contributed by atoms with van der Waals surface area (Å²) in [4.78, 5) is 23.0. The van der Waals surface area contributed by atoms with Crippen LogP contribution >= 0.6 is 0 Å². The average Bonchev–Trinajstić information content (AvgIpc) is 2.82. The van der Waals surface area contributed by atoms with E-state index >= 15 is 0 Å². The van der Waals surface area contributed by atoms with Crippen molar-refractivity contribution >= 4 is 17.9 Å². The van der Waals surface area contributed by atoms with Crippen molar-refractivity contribution in [3.05, 3.63) is 83.0 Å². The van der Waals surface area contributed by atoms with E-state index in [1.807, 2.05) is 50.3 Å². The fourth-order valence-electron chi connectivity index (χ4n) is 4.48. The van der Waals surface area contributed by atoms with Crippen LogP contribution in [0.4, 0.5) is 5.69 Å². The molecule has 1 amide bonds. The van der Waals surface area contributed by atoms with Crippen LogP contribution in [0.1, 0.15) is 80.1 Å². The molecule has 36 heavy (non-hydrogen) atoms. The zero-order chi connectivity index (χ0) is 26.6. The van der Waals surface area contributed by atoms with E-state index in [4.69, 9.17) is 4.74 Å². The van der Waals surface area contributed by atoms with Gasteiger partial charge in [0.1, 0.15) is 12.0 Å². The molecular weight excluding hydrogens is 446 g/mol. The third-order valence-electron chi connectivity index (χ3n) is 6.62. The number of allylic oxidation sites excluding steroid dienone is 9. The van der Waals surface area contributed by atoms with Crippen molar-refractivity contribution in [2.45, 2.75) is 86.2 Å². The Morgan fingerprint density at radius 2 is 1.86 bits per heavy atom. The fraction of sp³-hybridized carbons (Fsp3) is 0.438. The molecule has 194 valence electrons. The smallest absolute Gasteiger partial charge is 0.248 e. The van der Waals surface area contributed by atoms with Gasteiger partial charge < -0.3 is 14.8 Å². The Kier molecular flexibility index (Phi) is 11.7. The van der Waals surface area contributed by atoms with Crippen LogP contribution in [-0.2, 0) is 9.59 Å². The normalized spacial score (nSPS) is 17.5. The number of benzene rings is 1. The van der Waals surface area contributed by atoms with Crippen molar-refractivity contribution < 1.29 is 14.3 Å². The first-order chi connectivity index (χ1) is 17.1. The molecule has 1 aliphatic rings. The second-order valence-corrected chi connectivity index (χ2v) is 10.3. The van der Waals surface area contributed by atoms with Crippen LogP contribution in [0, 0.1) is 5.41 Å². The zero-order valence-corrected chi connectivity index (χ0v) is 22.9. The quantitative estimate of drug-likeness (QED) is 0.182. The SMILES string of the molecule is CCC(CCC=O)Oc1ccc(NC(=O)/C=C(C)/C=C/C=C(C)/C=C/C2=C(C)CCCC2(C)C)cc1. The summed E-state index contributed by atoms with van der Waals surface area (Å²) >= 11 is 0. The van der Waals surface area contributed by atoms with Crippen LogP contribution in [0.2, 0.25) is 0 Å². The van der Waals surface area contributed by atoms with Gasteiger partial charge in [-0.1, -0.05) is 62.3 Å². The zero-order valence-electron chi connectivity index (χ0n) is 22.9. The first-order valence-corrected chi connectivity index (χ1v) is 13.1. The van der Waals surface area contributed by atoms with Gasteiger partial charge in [-0.2, -0.15) is 0 Å². The lowest BCUT2D eigenvalue weighted by Crippen LogP contribution is -2.19. The summed E-state index contributed by atoms with van der Waals surface area (Å²) in [5.74, 6) is 0.556. The van der Waals surface area contributed by atoms with Crippen LogP contribution in [0.25, 0.3) is 0 Å². The summed E-state index contributed by atoms with van der Waals surface area (Å²) in [7, 11) is 0. The van der Waals surface area contributed by atoms with Gasteiger partial charge in [-0.05, 0) is 93.7 Å². The van der Waals surface area contributed by atoms with Crippen molar-refractivity contribution in [2.75, 3.05) is 5.32 Å². The molecule has 1 aromatic rings. The Hall–Kier alpha value is -3.14. The molecule has 1 aliphatic carbocycles. The standard InChI is InChI=1S/C32H43NO3/c1-7-28(14-10-22-34)36-29-18-16-27(17-19-29)33-31(35)23-25(3)12-8-11-24(2)15-20-30-26(4)13-9-21-32(30,5)6/h8,11-12,15-20,22-23,28H,7,9-10,13-14,21H2,1-6H3,(H,33,35)/b12-8+,20-15+,24-11+,25-23+. The van der Waals surface area contributed by atoms with Crippen molar-refractivity contribution in [2.24, 2.45) is 5.41 Å². The Balaban J connectivity index is 1.90. The van der Waals surface area contributed by atoms with Crippen LogP contribution in [-0.4, -0.2) is 18.3 Å². The molecule has 0 aromatic heterocycles. The molecule has 4 nitrogen and oxygen atoms in total. The molecule has 0 fully saturated rings. The first-order valence-electron chi connectivity index (χ1n) is 13.1. The lowest BCUT2D eigenvalue weighted by Gasteiger charge is -2.32. The van der Waals surface area contributed by atoms with Gasteiger partial charge in [-0.3, -0.25) is 4.79 Å². The number of anilines is 1. The lowest BCUT2D eigenvalue weighted by molar-refractivity contribution is -0.112. The van der Waals surface area contributed by atoms with E-state index in [2.05, 4.69) is 51.2 Å². The highest BCUT2D eigenvalue weighted by Crippen LogP contribution is 2.40. The van der Waals surface area contributed by atoms with E-state index in [1.165, 1.54) is 36.0 Å². The van der Waals surface area contributed by atoms with Crippen molar-refractivity contribution in [3.8, 4) is 5.75 Å². The number of carbonyl (C=O) groups is 2. The average molecular weight is 490 g/mol. The molecule has 1 N–H and O–H groups in total. The number of amides is 1. The molecule has 0 heterocycles. The second-order valence-electron chi connectivity index (χ2n) is 10.3. The topological polar surface area (TPSA) is 55.4 Å². The number of aldehydes is 1. The minimum Gasteiger partial charge on any atom is -0.490 e. The van der Waals surface area contributed by atoms with Crippen molar-refractivity contribution in [1.82, 2.24) is 0 Å². The fourth-order valence-corrected chi connectivity index (χ4v) is 4.48. The predicted octanol–water partition coefficient (Wildman–Crippen LogP) is 8.29. The Labute approximate surface area is 217 Å². The molecule has 1 atom stereocenters. The van der Waals surface area contributed by atoms with Gasteiger partial charge in [0.15, 0.2) is 0 Å². The van der Waals surface area contributed by atoms with Gasteiger partial charge in [0, 0.05) is 18.2 Å². The minimum absolute atomic E-state index is 0.0153. The van der Waals surface area contributed by atoms with Crippen LogP contribution < -0.4 is 10.1 Å². The molecule has 0 bridgehead atoms. The third kappa shape index (κ3) is 9.85. The van der Waals surface area contributed by atoms with Crippen molar-refractivity contribution in [3.63, 3.8) is 0 Å². The number of ether oxygens (including phenoxy) is 1. The molecule has 1 aromatic carbocycles. The van der Waals surface area contributed by atoms with E-state index in [0.29, 0.717) is 18.5 Å². The summed E-state index contributed by atoms with van der Waals surface area (Å²) < 4.78 is 5.92. The maximum absolute atomic E-state index is 12.4. The van der Waals surface area contributed by atoms with Gasteiger partial charge in [0.2, 0.25) is 5.91 Å². The van der Waals surface area contributed by atoms with Gasteiger partial charge in [0.25, 0.3) is 0 Å². The largest absolute Gasteiger partial charge is 0.490 e. The summed E-state index contributed by atoms with van der Waals surface area (Å²) in [6.07, 6.45) is 18.7. The number of hydrogen-bond donors (Lipinski definition) is 1. The number of nitrogens with one attached hydrogen (secondary N) is 1. The number of hydrogen-bond acceptors (Lipinski definition) is 3. The summed E-state index contributed by atoms with van der Waals surface area (Å²) in [6.45, 7) is 13.0. The molecule has 0 radical (unpaired) electrons. The van der Waals surface area contributed by atoms with Gasteiger partial charge >= 0.3 is 0 Å². The predicted molar refractivity (Wildman–Crippen MR) is 151 cm³/mol.